The van der Waals surface area contributed by atoms with Crippen molar-refractivity contribution in [2.75, 3.05) is 19.6 Å². The van der Waals surface area contributed by atoms with Gasteiger partial charge in [0.25, 0.3) is 0 Å². The highest BCUT2D eigenvalue weighted by Crippen LogP contribution is 2.37. The maximum atomic E-state index is 14.3. The molecule has 1 saturated heterocycles. The minimum atomic E-state index is -0.939. The highest BCUT2D eigenvalue weighted by Gasteiger charge is 2.40. The summed E-state index contributed by atoms with van der Waals surface area (Å²) in [6.07, 6.45) is 4.25. The first-order valence-corrected chi connectivity index (χ1v) is 11.9. The zero-order chi connectivity index (χ0) is 23.2. The van der Waals surface area contributed by atoms with E-state index in [0.717, 1.165) is 32.2 Å². The van der Waals surface area contributed by atoms with Crippen molar-refractivity contribution in [1.82, 2.24) is 16.0 Å². The highest BCUT2D eigenvalue weighted by atomic mass is 19.1. The molecule has 0 amide bonds. The zero-order valence-electron chi connectivity index (χ0n) is 20.1. The molecule has 31 heavy (non-hydrogen) atoms. The van der Waals surface area contributed by atoms with E-state index < -0.39 is 18.3 Å². The fraction of sp³-hybridized carbons (Fsp3) is 0.913. The quantitative estimate of drug-likeness (QED) is 0.316. The van der Waals surface area contributed by atoms with Gasteiger partial charge in [0.1, 0.15) is 12.1 Å². The third kappa shape index (κ3) is 8.35. The van der Waals surface area contributed by atoms with Crippen LogP contribution in [-0.2, 0) is 4.74 Å². The second kappa shape index (κ2) is 11.5. The lowest BCUT2D eigenvalue weighted by Crippen LogP contribution is -2.64. The highest BCUT2D eigenvalue weighted by molar-refractivity contribution is 5.04. The summed E-state index contributed by atoms with van der Waals surface area (Å²) >= 11 is 0. The van der Waals surface area contributed by atoms with Gasteiger partial charge in [-0.3, -0.25) is 5.32 Å². The maximum Gasteiger partial charge on any atom is 0.112 e. The van der Waals surface area contributed by atoms with E-state index in [4.69, 9.17) is 16.2 Å². The lowest BCUT2D eigenvalue weighted by molar-refractivity contribution is -0.0957. The van der Waals surface area contributed by atoms with Crippen LogP contribution in [0.2, 0.25) is 0 Å². The van der Waals surface area contributed by atoms with Crippen molar-refractivity contribution in [1.29, 1.82) is 0 Å². The third-order valence-corrected chi connectivity index (χ3v) is 6.50. The molecule has 0 saturated carbocycles. The van der Waals surface area contributed by atoms with Crippen LogP contribution in [0.5, 0.6) is 0 Å². The second-order valence-corrected chi connectivity index (χ2v) is 10.7. The first-order chi connectivity index (χ1) is 14.4. The number of piperidine rings is 1. The Morgan fingerprint density at radius 2 is 2.10 bits per heavy atom. The van der Waals surface area contributed by atoms with E-state index in [1.165, 1.54) is 0 Å². The van der Waals surface area contributed by atoms with E-state index in [9.17, 15) is 9.50 Å². The van der Waals surface area contributed by atoms with Gasteiger partial charge in [0.05, 0.1) is 17.9 Å². The molecule has 0 aromatic heterocycles. The molecule has 0 aliphatic carbocycles. The van der Waals surface area contributed by atoms with Gasteiger partial charge >= 0.3 is 0 Å². The fourth-order valence-corrected chi connectivity index (χ4v) is 5.05. The van der Waals surface area contributed by atoms with E-state index >= 15 is 0 Å². The van der Waals surface area contributed by atoms with Crippen molar-refractivity contribution >= 4 is 0 Å². The molecular formula is C23H46FN5O2. The van der Waals surface area contributed by atoms with Crippen LogP contribution in [0.3, 0.4) is 0 Å². The summed E-state index contributed by atoms with van der Waals surface area (Å²) in [5.41, 5.74) is 12.0. The minimum absolute atomic E-state index is 0.0263. The van der Waals surface area contributed by atoms with E-state index in [1.807, 2.05) is 20.8 Å². The predicted octanol–water partition coefficient (Wildman–Crippen LogP) is 1.71. The van der Waals surface area contributed by atoms with Gasteiger partial charge in [0.2, 0.25) is 0 Å². The van der Waals surface area contributed by atoms with E-state index in [-0.39, 0.29) is 41.6 Å². The number of hydrogen-bond donors (Lipinski definition) is 6. The summed E-state index contributed by atoms with van der Waals surface area (Å²) < 4.78 is 20.5. The lowest BCUT2D eigenvalue weighted by Gasteiger charge is -2.43. The first kappa shape index (κ1) is 26.6. The Morgan fingerprint density at radius 1 is 1.39 bits per heavy atom. The van der Waals surface area contributed by atoms with Crippen LogP contribution in [0.15, 0.2) is 11.9 Å². The van der Waals surface area contributed by atoms with Gasteiger partial charge in [-0.1, -0.05) is 26.3 Å². The summed E-state index contributed by atoms with van der Waals surface area (Å²) in [5, 5.41) is 21.2. The van der Waals surface area contributed by atoms with Crippen LogP contribution in [0.25, 0.3) is 0 Å². The van der Waals surface area contributed by atoms with Crippen molar-refractivity contribution in [2.24, 2.45) is 22.8 Å². The van der Waals surface area contributed by atoms with Crippen molar-refractivity contribution in [3.05, 3.63) is 11.9 Å². The number of halogens is 1. The molecule has 2 aliphatic rings. The number of aliphatic hydroxyl groups excluding tert-OH is 1. The molecule has 8 heteroatoms. The first-order valence-electron chi connectivity index (χ1n) is 11.9. The molecule has 0 radical (unpaired) electrons. The van der Waals surface area contributed by atoms with Crippen LogP contribution < -0.4 is 27.4 Å². The molecule has 5 unspecified atom stereocenters. The Morgan fingerprint density at radius 3 is 2.71 bits per heavy atom. The number of allylic oxidation sites excluding steroid dienone is 1. The van der Waals surface area contributed by atoms with Gasteiger partial charge in [-0.05, 0) is 58.4 Å². The average Bonchev–Trinajstić information content (AvgIpc) is 2.64. The minimum Gasteiger partial charge on any atom is -0.378 e. The van der Waals surface area contributed by atoms with Crippen LogP contribution >= 0.6 is 0 Å². The third-order valence-electron chi connectivity index (χ3n) is 6.50. The number of ether oxygens (including phenoxy) is 1. The van der Waals surface area contributed by atoms with E-state index in [2.05, 4.69) is 29.8 Å². The number of rotatable bonds is 8. The van der Waals surface area contributed by atoms with Gasteiger partial charge in [-0.2, -0.15) is 0 Å². The molecule has 2 aliphatic heterocycles. The van der Waals surface area contributed by atoms with Crippen LogP contribution in [0, 0.1) is 11.3 Å². The molecule has 0 bridgehead atoms. The number of hydrogen-bond acceptors (Lipinski definition) is 7. The molecule has 6 atom stereocenters. The van der Waals surface area contributed by atoms with Crippen molar-refractivity contribution in [3.63, 3.8) is 0 Å². The Kier molecular flexibility index (Phi) is 9.88. The van der Waals surface area contributed by atoms with Crippen LogP contribution in [-0.4, -0.2) is 60.9 Å². The molecule has 7 nitrogen and oxygen atoms in total. The summed E-state index contributed by atoms with van der Waals surface area (Å²) in [6.45, 7) is 12.1. The smallest absolute Gasteiger partial charge is 0.112 e. The SMILES string of the molecule is CCC[C@]1(C)CC=C(F)CNC(C(C(N)N)C(O)NC2CNCCC2OC(C)(C)C)C1. The predicted molar refractivity (Wildman–Crippen MR) is 124 cm³/mol. The van der Waals surface area contributed by atoms with Gasteiger partial charge < -0.3 is 31.9 Å². The van der Waals surface area contributed by atoms with Gasteiger partial charge in [0.15, 0.2) is 0 Å². The normalized spacial score (nSPS) is 32.8. The van der Waals surface area contributed by atoms with Crippen molar-refractivity contribution < 1.29 is 14.2 Å². The molecule has 2 rings (SSSR count). The maximum absolute atomic E-state index is 14.3. The number of nitrogens with one attached hydrogen (secondary N) is 3. The standard InChI is InChI=1S/C23H46FN5O2/c1-6-9-23(5)10-7-15(24)13-28-16(12-23)19(20(25)26)21(30)29-17-14-27-11-8-18(17)31-22(2,3)4/h7,16-21,27-30H,6,8-14,25-26H2,1-5H3/t16?,17?,18?,19?,21?,23-/m1/s1. The monoisotopic (exact) mass is 443 g/mol. The Bertz CT molecular complexity index is 583. The molecule has 0 spiro atoms. The van der Waals surface area contributed by atoms with Gasteiger partial charge in [0, 0.05) is 31.1 Å². The van der Waals surface area contributed by atoms with E-state index in [0.29, 0.717) is 13.0 Å². The van der Waals surface area contributed by atoms with Gasteiger partial charge in [-0.25, -0.2) is 4.39 Å². The fourth-order valence-electron chi connectivity index (χ4n) is 5.05. The molecule has 2 heterocycles. The summed E-state index contributed by atoms with van der Waals surface area (Å²) in [5.74, 6) is -0.645. The summed E-state index contributed by atoms with van der Waals surface area (Å²) in [6, 6.07) is -0.284. The lowest BCUT2D eigenvalue weighted by atomic mass is 9.73. The molecule has 0 aromatic carbocycles. The van der Waals surface area contributed by atoms with Crippen molar-refractivity contribution in [2.45, 2.75) is 103 Å². The average molecular weight is 444 g/mol. The Labute approximate surface area is 187 Å². The molecule has 1 fully saturated rings. The molecule has 8 N–H and O–H groups in total. The molecular weight excluding hydrogens is 397 g/mol. The second-order valence-electron chi connectivity index (χ2n) is 10.7. The number of nitrogens with two attached hydrogens (primary N) is 2. The van der Waals surface area contributed by atoms with E-state index in [1.54, 1.807) is 6.08 Å². The largest absolute Gasteiger partial charge is 0.378 e. The van der Waals surface area contributed by atoms with Crippen molar-refractivity contribution in [3.8, 4) is 0 Å². The van der Waals surface area contributed by atoms with Crippen LogP contribution in [0.4, 0.5) is 4.39 Å². The Balaban J connectivity index is 2.17. The zero-order valence-corrected chi connectivity index (χ0v) is 20.1. The summed E-state index contributed by atoms with van der Waals surface area (Å²) in [4.78, 5) is 0. The van der Waals surface area contributed by atoms with Gasteiger partial charge in [-0.15, -0.1) is 0 Å². The molecule has 0 aromatic rings. The molecule has 182 valence electrons. The summed E-state index contributed by atoms with van der Waals surface area (Å²) in [7, 11) is 0. The topological polar surface area (TPSA) is 118 Å². The number of aliphatic hydroxyl groups is 1. The Hall–Kier alpha value is -0.610. The van der Waals surface area contributed by atoms with Crippen LogP contribution in [0.1, 0.15) is 66.7 Å².